The highest BCUT2D eigenvalue weighted by atomic mass is 79.9. The Kier molecular flexibility index (Phi) is 3.87. The van der Waals surface area contributed by atoms with Crippen LogP contribution in [0.15, 0.2) is 34.8 Å². The first-order valence-corrected chi connectivity index (χ1v) is 6.38. The molecule has 0 atom stereocenters. The Balaban J connectivity index is 2.54. The first-order valence-electron chi connectivity index (χ1n) is 5.58. The molecule has 94 valence electrons. The number of halogens is 1. The Labute approximate surface area is 114 Å². The molecule has 0 aliphatic rings. The largest absolute Gasteiger partial charge is 0.496 e. The van der Waals surface area contributed by atoms with Gasteiger partial charge in [0.05, 0.1) is 7.11 Å². The summed E-state index contributed by atoms with van der Waals surface area (Å²) in [5.41, 5.74) is 0.949. The number of rotatable bonds is 4. The molecule has 0 saturated heterocycles. The zero-order valence-electron chi connectivity index (χ0n) is 9.94. The van der Waals surface area contributed by atoms with Gasteiger partial charge in [0.15, 0.2) is 0 Å². The fraction of sp³-hybridized carbons (Fsp3) is 0.214. The van der Waals surface area contributed by atoms with Gasteiger partial charge in [0.1, 0.15) is 5.75 Å². The number of hydrogen-bond acceptors (Lipinski definition) is 2. The number of carbonyl (C=O) groups is 1. The smallest absolute Gasteiger partial charge is 0.303 e. The molecule has 1 N–H and O–H groups in total. The minimum absolute atomic E-state index is 0.103. The van der Waals surface area contributed by atoms with E-state index >= 15 is 0 Å². The Hall–Kier alpha value is -1.55. The number of hydrogen-bond donors (Lipinski definition) is 1. The van der Waals surface area contributed by atoms with Gasteiger partial charge in [0.2, 0.25) is 0 Å². The zero-order chi connectivity index (χ0) is 13.1. The number of carboxylic acids is 1. The third-order valence-electron chi connectivity index (χ3n) is 2.86. The molecular formula is C14H13BrO3. The van der Waals surface area contributed by atoms with Crippen molar-refractivity contribution in [2.45, 2.75) is 12.8 Å². The highest BCUT2D eigenvalue weighted by Gasteiger charge is 2.10. The Morgan fingerprint density at radius 3 is 2.78 bits per heavy atom. The van der Waals surface area contributed by atoms with E-state index in [4.69, 9.17) is 9.84 Å². The van der Waals surface area contributed by atoms with Crippen molar-refractivity contribution in [2.24, 2.45) is 0 Å². The monoisotopic (exact) mass is 308 g/mol. The van der Waals surface area contributed by atoms with Gasteiger partial charge in [0.25, 0.3) is 0 Å². The summed E-state index contributed by atoms with van der Waals surface area (Å²) in [6, 6.07) is 9.80. The molecule has 0 aromatic heterocycles. The van der Waals surface area contributed by atoms with Crippen LogP contribution in [0.3, 0.4) is 0 Å². The predicted molar refractivity (Wildman–Crippen MR) is 74.2 cm³/mol. The lowest BCUT2D eigenvalue weighted by atomic mass is 10.00. The van der Waals surface area contributed by atoms with Crippen molar-refractivity contribution in [3.63, 3.8) is 0 Å². The van der Waals surface area contributed by atoms with Crippen molar-refractivity contribution in [3.05, 3.63) is 40.4 Å². The van der Waals surface area contributed by atoms with Gasteiger partial charge >= 0.3 is 5.97 Å². The average Bonchev–Trinajstić information content (AvgIpc) is 2.35. The van der Waals surface area contributed by atoms with E-state index < -0.39 is 5.97 Å². The molecule has 0 aliphatic carbocycles. The first-order chi connectivity index (χ1) is 8.61. The molecule has 0 fully saturated rings. The second-order valence-electron chi connectivity index (χ2n) is 4.01. The van der Waals surface area contributed by atoms with Crippen LogP contribution in [-0.4, -0.2) is 18.2 Å². The van der Waals surface area contributed by atoms with Crippen LogP contribution in [0.2, 0.25) is 0 Å². The summed E-state index contributed by atoms with van der Waals surface area (Å²) in [4.78, 5) is 10.7. The van der Waals surface area contributed by atoms with Gasteiger partial charge in [-0.15, -0.1) is 0 Å². The molecule has 0 bridgehead atoms. The molecule has 2 aromatic carbocycles. The Morgan fingerprint density at radius 2 is 2.11 bits per heavy atom. The molecule has 3 nitrogen and oxygen atoms in total. The third kappa shape index (κ3) is 2.64. The molecule has 0 heterocycles. The van der Waals surface area contributed by atoms with Gasteiger partial charge in [-0.05, 0) is 35.4 Å². The van der Waals surface area contributed by atoms with Gasteiger partial charge in [-0.3, -0.25) is 4.79 Å². The number of aliphatic carboxylic acids is 1. The first kappa shape index (κ1) is 12.9. The third-order valence-corrected chi connectivity index (χ3v) is 3.35. The van der Waals surface area contributed by atoms with E-state index in [1.807, 2.05) is 30.3 Å². The van der Waals surface area contributed by atoms with Crippen molar-refractivity contribution >= 4 is 32.7 Å². The quantitative estimate of drug-likeness (QED) is 0.938. The van der Waals surface area contributed by atoms with Gasteiger partial charge in [0, 0.05) is 16.5 Å². The summed E-state index contributed by atoms with van der Waals surface area (Å²) >= 11 is 3.43. The van der Waals surface area contributed by atoms with E-state index in [1.165, 1.54) is 0 Å². The molecule has 18 heavy (non-hydrogen) atoms. The van der Waals surface area contributed by atoms with Crippen molar-refractivity contribution < 1.29 is 14.6 Å². The molecule has 4 heteroatoms. The summed E-state index contributed by atoms with van der Waals surface area (Å²) in [6.07, 6.45) is 0.572. The van der Waals surface area contributed by atoms with Crippen LogP contribution < -0.4 is 4.74 Å². The fourth-order valence-corrected chi connectivity index (χ4v) is 2.40. The molecule has 0 saturated carbocycles. The number of benzene rings is 2. The molecule has 2 aromatic rings. The molecule has 2 rings (SSSR count). The summed E-state index contributed by atoms with van der Waals surface area (Å²) in [5.74, 6) is -0.0581. The number of methoxy groups -OCH3 is 1. The maximum Gasteiger partial charge on any atom is 0.303 e. The number of carboxylic acid groups (broad SMARTS) is 1. The Morgan fingerprint density at radius 1 is 1.33 bits per heavy atom. The summed E-state index contributed by atoms with van der Waals surface area (Å²) in [5, 5.41) is 10.9. The molecule has 0 aliphatic heterocycles. The maximum absolute atomic E-state index is 10.7. The molecule has 0 spiro atoms. The highest BCUT2D eigenvalue weighted by molar-refractivity contribution is 9.10. The number of aryl methyl sites for hydroxylation is 1. The Bertz CT molecular complexity index is 593. The van der Waals surface area contributed by atoms with Crippen molar-refractivity contribution in [1.82, 2.24) is 0 Å². The van der Waals surface area contributed by atoms with Gasteiger partial charge in [-0.2, -0.15) is 0 Å². The van der Waals surface area contributed by atoms with Crippen molar-refractivity contribution in [2.75, 3.05) is 7.11 Å². The average molecular weight is 309 g/mol. The normalized spacial score (nSPS) is 10.6. The van der Waals surface area contributed by atoms with E-state index in [0.717, 1.165) is 26.6 Å². The van der Waals surface area contributed by atoms with Crippen LogP contribution in [0.25, 0.3) is 10.8 Å². The second-order valence-corrected chi connectivity index (χ2v) is 4.92. The standard InChI is InChI=1S/C14H13BrO3/c1-18-13-6-2-9-8-10(15)3-4-11(9)12(13)5-7-14(16)17/h2-4,6,8H,5,7H2,1H3,(H,16,17). The lowest BCUT2D eigenvalue weighted by Crippen LogP contribution is -2.00. The molecular weight excluding hydrogens is 296 g/mol. The lowest BCUT2D eigenvalue weighted by Gasteiger charge is -2.11. The van der Waals surface area contributed by atoms with Crippen LogP contribution in [0, 0.1) is 0 Å². The highest BCUT2D eigenvalue weighted by Crippen LogP contribution is 2.30. The van der Waals surface area contributed by atoms with Crippen molar-refractivity contribution in [3.8, 4) is 5.75 Å². The van der Waals surface area contributed by atoms with E-state index in [1.54, 1.807) is 7.11 Å². The fourth-order valence-electron chi connectivity index (χ4n) is 2.03. The van der Waals surface area contributed by atoms with Gasteiger partial charge in [-0.25, -0.2) is 0 Å². The van der Waals surface area contributed by atoms with E-state index in [-0.39, 0.29) is 6.42 Å². The lowest BCUT2D eigenvalue weighted by molar-refractivity contribution is -0.136. The minimum Gasteiger partial charge on any atom is -0.496 e. The SMILES string of the molecule is COc1ccc2cc(Br)ccc2c1CCC(=O)O. The van der Waals surface area contributed by atoms with E-state index in [0.29, 0.717) is 6.42 Å². The molecule has 0 unspecified atom stereocenters. The summed E-state index contributed by atoms with van der Waals surface area (Å²) in [6.45, 7) is 0. The number of ether oxygens (including phenoxy) is 1. The van der Waals surface area contributed by atoms with E-state index in [2.05, 4.69) is 15.9 Å². The van der Waals surface area contributed by atoms with Gasteiger partial charge < -0.3 is 9.84 Å². The zero-order valence-corrected chi connectivity index (χ0v) is 11.5. The van der Waals surface area contributed by atoms with Crippen LogP contribution in [0.4, 0.5) is 0 Å². The van der Waals surface area contributed by atoms with Crippen LogP contribution in [0.5, 0.6) is 5.75 Å². The molecule has 0 amide bonds. The van der Waals surface area contributed by atoms with Crippen molar-refractivity contribution in [1.29, 1.82) is 0 Å². The maximum atomic E-state index is 10.7. The summed E-state index contributed by atoms with van der Waals surface area (Å²) in [7, 11) is 1.60. The van der Waals surface area contributed by atoms with Gasteiger partial charge in [-0.1, -0.05) is 28.1 Å². The van der Waals surface area contributed by atoms with E-state index in [9.17, 15) is 4.79 Å². The predicted octanol–water partition coefficient (Wildman–Crippen LogP) is 3.63. The summed E-state index contributed by atoms with van der Waals surface area (Å²) < 4.78 is 6.32. The molecule has 0 radical (unpaired) electrons. The number of fused-ring (bicyclic) bond motifs is 1. The van der Waals surface area contributed by atoms with Crippen LogP contribution >= 0.6 is 15.9 Å². The van der Waals surface area contributed by atoms with Crippen LogP contribution in [-0.2, 0) is 11.2 Å². The topological polar surface area (TPSA) is 46.5 Å². The van der Waals surface area contributed by atoms with Crippen LogP contribution in [0.1, 0.15) is 12.0 Å². The minimum atomic E-state index is -0.800. The second kappa shape index (κ2) is 5.40.